The second-order valence-electron chi connectivity index (χ2n) is 9.40. The highest BCUT2D eigenvalue weighted by atomic mass is 15.3. The Morgan fingerprint density at radius 1 is 1.19 bits per heavy atom. The predicted molar refractivity (Wildman–Crippen MR) is 128 cm³/mol. The number of pyridine rings is 1. The number of H-pyrrole nitrogens is 1. The van der Waals surface area contributed by atoms with Gasteiger partial charge in [-0.2, -0.15) is 10.4 Å². The minimum Gasteiger partial charge on any atom is -0.354 e. The van der Waals surface area contributed by atoms with Crippen LogP contribution in [0.1, 0.15) is 60.8 Å². The number of aryl methyl sites for hydroxylation is 1. The lowest BCUT2D eigenvalue weighted by Crippen LogP contribution is -2.33. The molecule has 1 aliphatic heterocycles. The van der Waals surface area contributed by atoms with Crippen LogP contribution in [0.5, 0.6) is 0 Å². The summed E-state index contributed by atoms with van der Waals surface area (Å²) in [6, 6.07) is 9.23. The van der Waals surface area contributed by atoms with Crippen molar-refractivity contribution in [3.63, 3.8) is 0 Å². The van der Waals surface area contributed by atoms with Crippen molar-refractivity contribution in [3.05, 3.63) is 53.0 Å². The molecule has 6 nitrogen and oxygen atoms in total. The van der Waals surface area contributed by atoms with E-state index >= 15 is 0 Å². The van der Waals surface area contributed by atoms with Gasteiger partial charge in [-0.1, -0.05) is 19.9 Å². The van der Waals surface area contributed by atoms with Crippen molar-refractivity contribution in [1.29, 1.82) is 5.26 Å². The highest BCUT2D eigenvalue weighted by Crippen LogP contribution is 2.39. The first-order chi connectivity index (χ1) is 15.5. The van der Waals surface area contributed by atoms with Crippen LogP contribution in [0, 0.1) is 25.2 Å². The number of piperidine rings is 1. The standard InChI is InChI=1S/C26H30N6/c1-16(2)24-21-13-20(19-7-10-31(11-8-19)12-9-27)5-6-23(21)30-25(24)22-14-32-26(28-15-29-32)18(4)17(22)3/h5-6,13-16,19,30H,7-8,10-12H2,1-4H3. The smallest absolute Gasteiger partial charge is 0.158 e. The van der Waals surface area contributed by atoms with Gasteiger partial charge in [0, 0.05) is 22.7 Å². The molecule has 0 amide bonds. The molecule has 0 atom stereocenters. The number of fused-ring (bicyclic) bond motifs is 2. The Balaban J connectivity index is 1.59. The highest BCUT2D eigenvalue weighted by Gasteiger charge is 2.23. The molecule has 6 heteroatoms. The first-order valence-electron chi connectivity index (χ1n) is 11.5. The number of benzene rings is 1. The van der Waals surface area contributed by atoms with E-state index in [2.05, 4.69) is 78.1 Å². The van der Waals surface area contributed by atoms with Crippen molar-refractivity contribution in [2.24, 2.45) is 0 Å². The Bertz CT molecular complexity index is 1330. The summed E-state index contributed by atoms with van der Waals surface area (Å²) >= 11 is 0. The van der Waals surface area contributed by atoms with Crippen molar-refractivity contribution < 1.29 is 0 Å². The number of likely N-dealkylation sites (tertiary alicyclic amines) is 1. The fourth-order valence-corrected chi connectivity index (χ4v) is 5.27. The molecule has 1 fully saturated rings. The largest absolute Gasteiger partial charge is 0.354 e. The fraction of sp³-hybridized carbons (Fsp3) is 0.423. The van der Waals surface area contributed by atoms with Crippen molar-refractivity contribution in [2.75, 3.05) is 19.6 Å². The number of hydrogen-bond donors (Lipinski definition) is 1. The highest BCUT2D eigenvalue weighted by molar-refractivity contribution is 5.92. The molecule has 5 rings (SSSR count). The van der Waals surface area contributed by atoms with Gasteiger partial charge in [-0.15, -0.1) is 0 Å². The summed E-state index contributed by atoms with van der Waals surface area (Å²) in [7, 11) is 0. The second-order valence-corrected chi connectivity index (χ2v) is 9.40. The van der Waals surface area contributed by atoms with Gasteiger partial charge in [-0.05, 0) is 86.0 Å². The molecule has 0 aliphatic carbocycles. The number of nitrogens with zero attached hydrogens (tertiary/aromatic N) is 5. The summed E-state index contributed by atoms with van der Waals surface area (Å²) in [6.45, 7) is 11.4. The first-order valence-corrected chi connectivity index (χ1v) is 11.5. The lowest BCUT2D eigenvalue weighted by atomic mass is 9.87. The topological polar surface area (TPSA) is 73.0 Å². The molecule has 3 aromatic heterocycles. The van der Waals surface area contributed by atoms with E-state index in [1.54, 1.807) is 6.33 Å². The van der Waals surface area contributed by atoms with Gasteiger partial charge in [0.2, 0.25) is 0 Å². The van der Waals surface area contributed by atoms with E-state index in [-0.39, 0.29) is 0 Å². The minimum absolute atomic E-state index is 0.387. The van der Waals surface area contributed by atoms with Gasteiger partial charge >= 0.3 is 0 Å². The van der Waals surface area contributed by atoms with Gasteiger partial charge in [0.25, 0.3) is 0 Å². The van der Waals surface area contributed by atoms with Gasteiger partial charge in [0.05, 0.1) is 18.3 Å². The van der Waals surface area contributed by atoms with Crippen LogP contribution < -0.4 is 0 Å². The molecule has 1 aliphatic rings. The van der Waals surface area contributed by atoms with Crippen molar-refractivity contribution in [3.8, 4) is 17.3 Å². The van der Waals surface area contributed by atoms with E-state index in [1.807, 2.05) is 4.52 Å². The van der Waals surface area contributed by atoms with Crippen LogP contribution in [-0.2, 0) is 0 Å². The molecule has 164 valence electrons. The number of aromatic amines is 1. The maximum Gasteiger partial charge on any atom is 0.158 e. The summed E-state index contributed by atoms with van der Waals surface area (Å²) in [6.07, 6.45) is 5.95. The van der Waals surface area contributed by atoms with Crippen LogP contribution >= 0.6 is 0 Å². The predicted octanol–water partition coefficient (Wildman–Crippen LogP) is 5.32. The van der Waals surface area contributed by atoms with Crippen LogP contribution in [0.15, 0.2) is 30.7 Å². The van der Waals surface area contributed by atoms with Crippen LogP contribution in [-0.4, -0.2) is 44.1 Å². The number of nitriles is 1. The third kappa shape index (κ3) is 3.37. The molecule has 1 N–H and O–H groups in total. The fourth-order valence-electron chi connectivity index (χ4n) is 5.27. The molecule has 1 aromatic carbocycles. The summed E-state index contributed by atoms with van der Waals surface area (Å²) in [5.41, 5.74) is 9.67. The van der Waals surface area contributed by atoms with E-state index in [0.717, 1.165) is 37.1 Å². The van der Waals surface area contributed by atoms with E-state index in [9.17, 15) is 0 Å². The summed E-state index contributed by atoms with van der Waals surface area (Å²) < 4.78 is 1.88. The van der Waals surface area contributed by atoms with E-state index in [4.69, 9.17) is 5.26 Å². The normalized spacial score (nSPS) is 15.8. The molecule has 32 heavy (non-hydrogen) atoms. The minimum atomic E-state index is 0.387. The quantitative estimate of drug-likeness (QED) is 0.448. The van der Waals surface area contributed by atoms with Crippen LogP contribution in [0.3, 0.4) is 0 Å². The zero-order chi connectivity index (χ0) is 22.4. The molecular weight excluding hydrogens is 396 g/mol. The number of rotatable bonds is 4. The van der Waals surface area contributed by atoms with Crippen LogP contribution in [0.4, 0.5) is 0 Å². The molecular formula is C26H30N6. The molecule has 0 bridgehead atoms. The van der Waals surface area contributed by atoms with Gasteiger partial charge < -0.3 is 4.98 Å². The zero-order valence-electron chi connectivity index (χ0n) is 19.3. The molecule has 4 heterocycles. The number of hydrogen-bond acceptors (Lipinski definition) is 4. The van der Waals surface area contributed by atoms with E-state index < -0.39 is 0 Å². The Morgan fingerprint density at radius 3 is 2.69 bits per heavy atom. The molecule has 4 aromatic rings. The summed E-state index contributed by atoms with van der Waals surface area (Å²) in [5, 5.41) is 14.7. The van der Waals surface area contributed by atoms with Gasteiger partial charge in [0.15, 0.2) is 5.65 Å². The Morgan fingerprint density at radius 2 is 1.97 bits per heavy atom. The van der Waals surface area contributed by atoms with Crippen LogP contribution in [0.2, 0.25) is 0 Å². The molecule has 0 saturated carbocycles. The zero-order valence-corrected chi connectivity index (χ0v) is 19.3. The monoisotopic (exact) mass is 426 g/mol. The number of aromatic nitrogens is 4. The summed E-state index contributed by atoms with van der Waals surface area (Å²) in [5.74, 6) is 0.945. The van der Waals surface area contributed by atoms with Crippen molar-refractivity contribution in [1.82, 2.24) is 24.5 Å². The third-order valence-electron chi connectivity index (χ3n) is 7.19. The lowest BCUT2D eigenvalue weighted by molar-refractivity contribution is 0.235. The SMILES string of the molecule is Cc1c(-c2[nH]c3ccc(C4CCN(CC#N)CC4)cc3c2C(C)C)cn2ncnc2c1C. The molecule has 1 saturated heterocycles. The maximum atomic E-state index is 8.98. The maximum absolute atomic E-state index is 8.98. The molecule has 0 spiro atoms. The van der Waals surface area contributed by atoms with Crippen molar-refractivity contribution in [2.45, 2.75) is 52.4 Å². The van der Waals surface area contributed by atoms with E-state index in [0.29, 0.717) is 18.4 Å². The van der Waals surface area contributed by atoms with Gasteiger partial charge in [0.1, 0.15) is 6.33 Å². The van der Waals surface area contributed by atoms with E-state index in [1.165, 1.54) is 38.9 Å². The number of nitrogens with one attached hydrogen (secondary N) is 1. The first kappa shape index (κ1) is 20.7. The molecule has 0 unspecified atom stereocenters. The average Bonchev–Trinajstić information content (AvgIpc) is 3.41. The Labute approximate surface area is 188 Å². The van der Waals surface area contributed by atoms with Crippen LogP contribution in [0.25, 0.3) is 27.8 Å². The summed E-state index contributed by atoms with van der Waals surface area (Å²) in [4.78, 5) is 10.4. The Hall–Kier alpha value is -3.17. The Kier molecular flexibility index (Phi) is 5.22. The van der Waals surface area contributed by atoms with Gasteiger partial charge in [-0.3, -0.25) is 4.90 Å². The average molecular weight is 427 g/mol. The van der Waals surface area contributed by atoms with Crippen molar-refractivity contribution >= 4 is 16.6 Å². The molecule has 0 radical (unpaired) electrons. The lowest BCUT2D eigenvalue weighted by Gasteiger charge is -2.30. The van der Waals surface area contributed by atoms with Gasteiger partial charge in [-0.25, -0.2) is 9.50 Å². The third-order valence-corrected chi connectivity index (χ3v) is 7.19. The second kappa shape index (κ2) is 8.07.